The lowest BCUT2D eigenvalue weighted by molar-refractivity contribution is -0.123. The molecule has 0 spiro atoms. The highest BCUT2D eigenvalue weighted by atomic mass is 16.5. The van der Waals surface area contributed by atoms with E-state index in [0.29, 0.717) is 12.5 Å². The van der Waals surface area contributed by atoms with Gasteiger partial charge in [-0.3, -0.25) is 4.79 Å². The van der Waals surface area contributed by atoms with E-state index >= 15 is 0 Å². The van der Waals surface area contributed by atoms with Crippen molar-refractivity contribution in [3.05, 3.63) is 29.3 Å². The van der Waals surface area contributed by atoms with Crippen LogP contribution < -0.4 is 10.1 Å². The fourth-order valence-corrected chi connectivity index (χ4v) is 2.22. The zero-order valence-corrected chi connectivity index (χ0v) is 14.6. The number of rotatable bonds is 9. The minimum atomic E-state index is -0.0680. The van der Waals surface area contributed by atoms with Gasteiger partial charge in [0.2, 0.25) is 0 Å². The molecule has 1 rings (SSSR count). The number of likely N-dealkylation sites (N-methyl/N-ethyl adjacent to an activating group) is 1. The molecule has 4 nitrogen and oxygen atoms in total. The molecule has 0 aliphatic carbocycles. The van der Waals surface area contributed by atoms with Gasteiger partial charge in [-0.15, -0.1) is 0 Å². The van der Waals surface area contributed by atoms with Crippen LogP contribution in [0, 0.1) is 6.92 Å². The summed E-state index contributed by atoms with van der Waals surface area (Å²) in [5, 5.41) is 2.90. The Morgan fingerprint density at radius 1 is 1.27 bits per heavy atom. The van der Waals surface area contributed by atoms with Gasteiger partial charge in [0.15, 0.2) is 6.61 Å². The van der Waals surface area contributed by atoms with Crippen LogP contribution in [0.3, 0.4) is 0 Å². The van der Waals surface area contributed by atoms with E-state index in [1.165, 1.54) is 5.56 Å². The molecule has 0 fully saturated rings. The van der Waals surface area contributed by atoms with Crippen molar-refractivity contribution in [2.45, 2.75) is 40.5 Å². The van der Waals surface area contributed by atoms with E-state index in [9.17, 15) is 4.79 Å². The van der Waals surface area contributed by atoms with Gasteiger partial charge in [-0.2, -0.15) is 0 Å². The van der Waals surface area contributed by atoms with Gasteiger partial charge in [0.1, 0.15) is 5.75 Å². The monoisotopic (exact) mass is 306 g/mol. The maximum absolute atomic E-state index is 11.8. The van der Waals surface area contributed by atoms with Gasteiger partial charge in [0.25, 0.3) is 5.91 Å². The first-order valence-electron chi connectivity index (χ1n) is 8.20. The molecule has 0 saturated carbocycles. The summed E-state index contributed by atoms with van der Waals surface area (Å²) < 4.78 is 5.67. The van der Waals surface area contributed by atoms with Crippen molar-refractivity contribution in [3.8, 4) is 5.75 Å². The van der Waals surface area contributed by atoms with Gasteiger partial charge < -0.3 is 15.0 Å². The number of carbonyl (C=O) groups is 1. The van der Waals surface area contributed by atoms with Crippen LogP contribution in [0.2, 0.25) is 0 Å². The van der Waals surface area contributed by atoms with Crippen molar-refractivity contribution in [2.24, 2.45) is 0 Å². The molecular weight excluding hydrogens is 276 g/mol. The molecule has 4 heteroatoms. The Bertz CT molecular complexity index is 468. The average molecular weight is 306 g/mol. The maximum atomic E-state index is 11.8. The Morgan fingerprint density at radius 2 is 1.95 bits per heavy atom. The van der Waals surface area contributed by atoms with E-state index in [0.717, 1.165) is 30.9 Å². The third-order valence-electron chi connectivity index (χ3n) is 3.88. The zero-order valence-electron chi connectivity index (χ0n) is 14.6. The number of ether oxygens (including phenoxy) is 1. The van der Waals surface area contributed by atoms with Crippen LogP contribution in [0.4, 0.5) is 0 Å². The molecule has 0 atom stereocenters. The van der Waals surface area contributed by atoms with Crippen molar-refractivity contribution in [2.75, 3.05) is 32.8 Å². The molecule has 0 aromatic heterocycles. The van der Waals surface area contributed by atoms with Crippen LogP contribution in [0.15, 0.2) is 18.2 Å². The van der Waals surface area contributed by atoms with Crippen molar-refractivity contribution in [1.29, 1.82) is 0 Å². The Kier molecular flexibility index (Phi) is 7.96. The SMILES string of the molecule is CCN(CC)CCNC(=O)COc1cc(C(C)C)ccc1C. The Morgan fingerprint density at radius 3 is 2.55 bits per heavy atom. The van der Waals surface area contributed by atoms with Gasteiger partial charge in [-0.05, 0) is 43.1 Å². The predicted molar refractivity (Wildman–Crippen MR) is 91.6 cm³/mol. The first kappa shape index (κ1) is 18.5. The first-order chi connectivity index (χ1) is 10.5. The van der Waals surface area contributed by atoms with Gasteiger partial charge >= 0.3 is 0 Å². The number of aryl methyl sites for hydroxylation is 1. The molecule has 0 radical (unpaired) electrons. The lowest BCUT2D eigenvalue weighted by Gasteiger charge is -2.18. The molecule has 0 heterocycles. The number of hydrogen-bond donors (Lipinski definition) is 1. The summed E-state index contributed by atoms with van der Waals surface area (Å²) in [6, 6.07) is 6.18. The molecule has 1 aromatic carbocycles. The van der Waals surface area contributed by atoms with Gasteiger partial charge in [0.05, 0.1) is 0 Å². The molecule has 0 saturated heterocycles. The molecule has 124 valence electrons. The Hall–Kier alpha value is -1.55. The summed E-state index contributed by atoms with van der Waals surface area (Å²) in [7, 11) is 0. The minimum Gasteiger partial charge on any atom is -0.483 e. The lowest BCUT2D eigenvalue weighted by Crippen LogP contribution is -2.36. The van der Waals surface area contributed by atoms with Gasteiger partial charge in [-0.1, -0.05) is 39.8 Å². The predicted octanol–water partition coefficient (Wildman–Crippen LogP) is 2.96. The highest BCUT2D eigenvalue weighted by molar-refractivity contribution is 5.77. The Labute approximate surface area is 134 Å². The summed E-state index contributed by atoms with van der Waals surface area (Å²) in [5.41, 5.74) is 2.28. The molecular formula is C18H30N2O2. The maximum Gasteiger partial charge on any atom is 0.257 e. The zero-order chi connectivity index (χ0) is 16.5. The first-order valence-corrected chi connectivity index (χ1v) is 8.20. The van der Waals surface area contributed by atoms with Crippen LogP contribution >= 0.6 is 0 Å². The minimum absolute atomic E-state index is 0.0680. The molecule has 1 N–H and O–H groups in total. The fraction of sp³-hybridized carbons (Fsp3) is 0.611. The van der Waals surface area contributed by atoms with E-state index < -0.39 is 0 Å². The topological polar surface area (TPSA) is 41.6 Å². The number of nitrogens with one attached hydrogen (secondary N) is 1. The van der Waals surface area contributed by atoms with E-state index in [1.54, 1.807) is 0 Å². The van der Waals surface area contributed by atoms with E-state index in [-0.39, 0.29) is 12.5 Å². The number of carbonyl (C=O) groups excluding carboxylic acids is 1. The van der Waals surface area contributed by atoms with Crippen molar-refractivity contribution in [3.63, 3.8) is 0 Å². The summed E-state index contributed by atoms with van der Waals surface area (Å²) in [4.78, 5) is 14.1. The van der Waals surface area contributed by atoms with Crippen LogP contribution in [0.5, 0.6) is 5.75 Å². The van der Waals surface area contributed by atoms with Crippen LogP contribution in [0.25, 0.3) is 0 Å². The lowest BCUT2D eigenvalue weighted by atomic mass is 10.0. The third-order valence-corrected chi connectivity index (χ3v) is 3.88. The molecule has 1 amide bonds. The van der Waals surface area contributed by atoms with Crippen molar-refractivity contribution >= 4 is 5.91 Å². The van der Waals surface area contributed by atoms with Gasteiger partial charge in [0, 0.05) is 13.1 Å². The number of amides is 1. The van der Waals surface area contributed by atoms with E-state index in [2.05, 4.69) is 44.0 Å². The van der Waals surface area contributed by atoms with Crippen LogP contribution in [-0.2, 0) is 4.79 Å². The normalized spacial score (nSPS) is 11.0. The Balaban J connectivity index is 2.42. The van der Waals surface area contributed by atoms with Crippen molar-refractivity contribution in [1.82, 2.24) is 10.2 Å². The third kappa shape index (κ3) is 6.06. The largest absolute Gasteiger partial charge is 0.483 e. The highest BCUT2D eigenvalue weighted by Crippen LogP contribution is 2.24. The second-order valence-corrected chi connectivity index (χ2v) is 5.85. The molecule has 0 unspecified atom stereocenters. The fourth-order valence-electron chi connectivity index (χ4n) is 2.22. The average Bonchev–Trinajstić information content (AvgIpc) is 2.50. The second-order valence-electron chi connectivity index (χ2n) is 5.85. The summed E-state index contributed by atoms with van der Waals surface area (Å²) in [6.45, 7) is 14.2. The second kappa shape index (κ2) is 9.46. The molecule has 0 aliphatic rings. The van der Waals surface area contributed by atoms with E-state index in [1.807, 2.05) is 19.1 Å². The van der Waals surface area contributed by atoms with Crippen molar-refractivity contribution < 1.29 is 9.53 Å². The summed E-state index contributed by atoms with van der Waals surface area (Å²) in [5.74, 6) is 1.18. The highest BCUT2D eigenvalue weighted by Gasteiger charge is 2.08. The molecule has 0 bridgehead atoms. The number of hydrogen-bond acceptors (Lipinski definition) is 3. The number of benzene rings is 1. The quantitative estimate of drug-likeness (QED) is 0.762. The number of nitrogens with zero attached hydrogens (tertiary/aromatic N) is 1. The molecule has 0 aliphatic heterocycles. The smallest absolute Gasteiger partial charge is 0.257 e. The van der Waals surface area contributed by atoms with Crippen LogP contribution in [0.1, 0.15) is 44.7 Å². The summed E-state index contributed by atoms with van der Waals surface area (Å²) >= 11 is 0. The summed E-state index contributed by atoms with van der Waals surface area (Å²) in [6.07, 6.45) is 0. The standard InChI is InChI=1S/C18H30N2O2/c1-6-20(7-2)11-10-19-18(21)13-22-17-12-16(14(3)4)9-8-15(17)5/h8-9,12,14H,6-7,10-11,13H2,1-5H3,(H,19,21). The van der Waals surface area contributed by atoms with Crippen LogP contribution in [-0.4, -0.2) is 43.6 Å². The molecule has 22 heavy (non-hydrogen) atoms. The molecule has 1 aromatic rings. The van der Waals surface area contributed by atoms with E-state index in [4.69, 9.17) is 4.74 Å². The van der Waals surface area contributed by atoms with Gasteiger partial charge in [-0.25, -0.2) is 0 Å².